The van der Waals surface area contributed by atoms with Gasteiger partial charge in [0.25, 0.3) is 5.91 Å². The third kappa shape index (κ3) is 3.06. The van der Waals surface area contributed by atoms with E-state index in [-0.39, 0.29) is 11.3 Å². The zero-order valence-corrected chi connectivity index (χ0v) is 12.4. The van der Waals surface area contributed by atoms with Gasteiger partial charge < -0.3 is 15.8 Å². The number of hydrogen-bond acceptors (Lipinski definition) is 3. The number of amides is 1. The molecule has 1 amide bonds. The van der Waals surface area contributed by atoms with Crippen LogP contribution in [0.1, 0.15) is 49.4 Å². The van der Waals surface area contributed by atoms with Gasteiger partial charge in [-0.05, 0) is 36.8 Å². The van der Waals surface area contributed by atoms with Gasteiger partial charge in [0.2, 0.25) is 0 Å². The molecule has 0 aliphatic heterocycles. The van der Waals surface area contributed by atoms with Gasteiger partial charge in [0.15, 0.2) is 0 Å². The number of nitrogens with one attached hydrogen (secondary N) is 1. The van der Waals surface area contributed by atoms with E-state index in [1.807, 2.05) is 0 Å². The van der Waals surface area contributed by atoms with E-state index >= 15 is 0 Å². The van der Waals surface area contributed by atoms with Gasteiger partial charge in [-0.2, -0.15) is 0 Å². The Labute approximate surface area is 120 Å². The van der Waals surface area contributed by atoms with Gasteiger partial charge in [-0.1, -0.05) is 19.8 Å². The Bertz CT molecular complexity index is 479. The molecule has 1 aliphatic rings. The Kier molecular flexibility index (Phi) is 4.53. The van der Waals surface area contributed by atoms with Crippen molar-refractivity contribution in [3.63, 3.8) is 0 Å². The van der Waals surface area contributed by atoms with Crippen LogP contribution in [0.15, 0.2) is 18.2 Å². The van der Waals surface area contributed by atoms with Gasteiger partial charge in [0.1, 0.15) is 5.75 Å². The van der Waals surface area contributed by atoms with Crippen molar-refractivity contribution in [3.8, 4) is 5.75 Å². The summed E-state index contributed by atoms with van der Waals surface area (Å²) in [5.74, 6) is 0.574. The maximum Gasteiger partial charge on any atom is 0.253 e. The molecule has 4 heteroatoms. The quantitative estimate of drug-likeness (QED) is 0.813. The van der Waals surface area contributed by atoms with E-state index in [1.54, 1.807) is 25.3 Å². The second-order valence-electron chi connectivity index (χ2n) is 5.70. The molecule has 0 spiro atoms. The summed E-state index contributed by atoms with van der Waals surface area (Å²) in [4.78, 5) is 12.2. The highest BCUT2D eigenvalue weighted by atomic mass is 16.5. The van der Waals surface area contributed by atoms with Gasteiger partial charge in [-0.15, -0.1) is 0 Å². The number of carbonyl (C=O) groups excluding carboxylic acids is 1. The summed E-state index contributed by atoms with van der Waals surface area (Å²) >= 11 is 0. The number of methoxy groups -OCH3 is 1. The minimum Gasteiger partial charge on any atom is -0.497 e. The first-order chi connectivity index (χ1) is 9.60. The molecule has 1 aliphatic carbocycles. The molecule has 0 aromatic heterocycles. The zero-order valence-electron chi connectivity index (χ0n) is 12.4. The first kappa shape index (κ1) is 14.7. The Morgan fingerprint density at radius 2 is 2.10 bits per heavy atom. The molecule has 20 heavy (non-hydrogen) atoms. The van der Waals surface area contributed by atoms with Crippen LogP contribution in [0.25, 0.3) is 0 Å². The highest BCUT2D eigenvalue weighted by Crippen LogP contribution is 2.40. The molecule has 0 atom stereocenters. The van der Waals surface area contributed by atoms with Crippen LogP contribution >= 0.6 is 0 Å². The Morgan fingerprint density at radius 3 is 2.65 bits per heavy atom. The fraction of sp³-hybridized carbons (Fsp3) is 0.562. The maximum atomic E-state index is 12.2. The van der Waals surface area contributed by atoms with E-state index in [0.717, 1.165) is 13.0 Å². The molecule has 0 radical (unpaired) electrons. The predicted molar refractivity (Wildman–Crippen MR) is 80.9 cm³/mol. The van der Waals surface area contributed by atoms with Crippen LogP contribution in [0.2, 0.25) is 0 Å². The highest BCUT2D eigenvalue weighted by Gasteiger charge is 2.32. The average Bonchev–Trinajstić information content (AvgIpc) is 2.94. The molecule has 0 bridgehead atoms. The molecular formula is C16H24N2O2. The van der Waals surface area contributed by atoms with Crippen molar-refractivity contribution in [2.24, 2.45) is 5.41 Å². The molecule has 1 fully saturated rings. The molecule has 0 unspecified atom stereocenters. The summed E-state index contributed by atoms with van der Waals surface area (Å²) < 4.78 is 5.09. The number of ether oxygens (including phenoxy) is 1. The van der Waals surface area contributed by atoms with Crippen molar-refractivity contribution in [1.29, 1.82) is 0 Å². The number of hydrogen-bond donors (Lipinski definition) is 2. The van der Waals surface area contributed by atoms with Crippen molar-refractivity contribution in [2.75, 3.05) is 19.4 Å². The largest absolute Gasteiger partial charge is 0.497 e. The van der Waals surface area contributed by atoms with Crippen molar-refractivity contribution in [2.45, 2.75) is 39.0 Å². The lowest BCUT2D eigenvalue weighted by atomic mass is 9.83. The Balaban J connectivity index is 2.01. The molecular weight excluding hydrogens is 252 g/mol. The van der Waals surface area contributed by atoms with Gasteiger partial charge in [0.05, 0.1) is 12.7 Å². The van der Waals surface area contributed by atoms with Crippen LogP contribution in [0.5, 0.6) is 5.75 Å². The zero-order chi connectivity index (χ0) is 14.6. The summed E-state index contributed by atoms with van der Waals surface area (Å²) in [7, 11) is 1.58. The van der Waals surface area contributed by atoms with Crippen LogP contribution in [0, 0.1) is 5.41 Å². The smallest absolute Gasteiger partial charge is 0.253 e. The van der Waals surface area contributed by atoms with E-state index in [4.69, 9.17) is 10.5 Å². The van der Waals surface area contributed by atoms with Crippen molar-refractivity contribution >= 4 is 11.6 Å². The van der Waals surface area contributed by atoms with Gasteiger partial charge >= 0.3 is 0 Å². The lowest BCUT2D eigenvalue weighted by Gasteiger charge is -2.27. The van der Waals surface area contributed by atoms with Crippen molar-refractivity contribution in [1.82, 2.24) is 5.32 Å². The summed E-state index contributed by atoms with van der Waals surface area (Å²) in [5, 5.41) is 3.05. The lowest BCUT2D eigenvalue weighted by molar-refractivity contribution is 0.0929. The third-order valence-electron chi connectivity index (χ3n) is 4.54. The summed E-state index contributed by atoms with van der Waals surface area (Å²) in [6.07, 6.45) is 6.08. The van der Waals surface area contributed by atoms with Gasteiger partial charge in [-0.25, -0.2) is 0 Å². The topological polar surface area (TPSA) is 64.3 Å². The second-order valence-corrected chi connectivity index (χ2v) is 5.70. The lowest BCUT2D eigenvalue weighted by Crippen LogP contribution is -2.35. The number of nitrogens with two attached hydrogens (primary N) is 1. The SMILES string of the molecule is CCC1(CNC(=O)c2ccc(OC)cc2N)CCCC1. The van der Waals surface area contributed by atoms with Crippen LogP contribution in [0.4, 0.5) is 5.69 Å². The fourth-order valence-electron chi connectivity index (χ4n) is 3.02. The number of nitrogen functional groups attached to an aromatic ring is 1. The van der Waals surface area contributed by atoms with E-state index in [2.05, 4.69) is 12.2 Å². The van der Waals surface area contributed by atoms with Crippen LogP contribution < -0.4 is 15.8 Å². The van der Waals surface area contributed by atoms with Crippen molar-refractivity contribution in [3.05, 3.63) is 23.8 Å². The molecule has 1 aromatic carbocycles. The monoisotopic (exact) mass is 276 g/mol. The van der Waals surface area contributed by atoms with Crippen molar-refractivity contribution < 1.29 is 9.53 Å². The number of rotatable bonds is 5. The maximum absolute atomic E-state index is 12.2. The van der Waals surface area contributed by atoms with E-state index in [9.17, 15) is 4.79 Å². The van der Waals surface area contributed by atoms with E-state index in [1.165, 1.54) is 25.7 Å². The predicted octanol–water partition coefficient (Wildman–Crippen LogP) is 2.98. The normalized spacial score (nSPS) is 16.9. The molecule has 0 heterocycles. The average molecular weight is 276 g/mol. The van der Waals surface area contributed by atoms with Crippen LogP contribution in [-0.4, -0.2) is 19.6 Å². The molecule has 110 valence electrons. The highest BCUT2D eigenvalue weighted by molar-refractivity contribution is 5.99. The number of anilines is 1. The minimum absolute atomic E-state index is 0.0927. The Morgan fingerprint density at radius 1 is 1.40 bits per heavy atom. The van der Waals surface area contributed by atoms with E-state index < -0.39 is 0 Å². The molecule has 1 aromatic rings. The van der Waals surface area contributed by atoms with Gasteiger partial charge in [-0.3, -0.25) is 4.79 Å². The standard InChI is InChI=1S/C16H24N2O2/c1-3-16(8-4-5-9-16)11-18-15(19)13-7-6-12(20-2)10-14(13)17/h6-7,10H,3-5,8-9,11,17H2,1-2H3,(H,18,19). The van der Waals surface area contributed by atoms with Gasteiger partial charge in [0, 0.05) is 18.3 Å². The fourth-order valence-corrected chi connectivity index (χ4v) is 3.02. The molecule has 2 rings (SSSR count). The number of benzene rings is 1. The summed E-state index contributed by atoms with van der Waals surface area (Å²) in [6.45, 7) is 2.95. The molecule has 1 saturated carbocycles. The van der Waals surface area contributed by atoms with Crippen LogP contribution in [0.3, 0.4) is 0 Å². The third-order valence-corrected chi connectivity index (χ3v) is 4.54. The minimum atomic E-state index is -0.0927. The summed E-state index contributed by atoms with van der Waals surface area (Å²) in [6, 6.07) is 5.16. The van der Waals surface area contributed by atoms with E-state index in [0.29, 0.717) is 17.0 Å². The molecule has 0 saturated heterocycles. The first-order valence-electron chi connectivity index (χ1n) is 7.32. The second kappa shape index (κ2) is 6.16. The number of carbonyl (C=O) groups is 1. The van der Waals surface area contributed by atoms with Crippen LogP contribution in [-0.2, 0) is 0 Å². The molecule has 4 nitrogen and oxygen atoms in total. The Hall–Kier alpha value is -1.71. The summed E-state index contributed by atoms with van der Waals surface area (Å²) in [5.41, 5.74) is 7.18. The molecule has 3 N–H and O–H groups in total. The first-order valence-corrected chi connectivity index (χ1v) is 7.32.